The number of benzene rings is 1. The third-order valence-corrected chi connectivity index (χ3v) is 11.2. The first-order chi connectivity index (χ1) is 22.0. The molecule has 2 aliphatic heterocycles. The minimum atomic E-state index is -0.417. The number of nitrogens with zero attached hydrogens (tertiary/aromatic N) is 6. The molecule has 9 heteroatoms. The molecule has 0 spiro atoms. The lowest BCUT2D eigenvalue weighted by molar-refractivity contribution is -0.131. The fourth-order valence-electron chi connectivity index (χ4n) is 8.28. The van der Waals surface area contributed by atoms with Gasteiger partial charge in [0.1, 0.15) is 5.82 Å². The Morgan fingerprint density at radius 2 is 1.83 bits per heavy atom. The molecule has 0 radical (unpaired) electrons. The molecule has 3 aromatic rings. The summed E-state index contributed by atoms with van der Waals surface area (Å²) in [7, 11) is 1.77. The van der Waals surface area contributed by atoms with Crippen molar-refractivity contribution in [1.29, 1.82) is 0 Å². The molecule has 2 aromatic heterocycles. The lowest BCUT2D eigenvalue weighted by Gasteiger charge is -2.50. The number of fused-ring (bicyclic) bond motifs is 1. The molecule has 6 rings (SSSR count). The predicted molar refractivity (Wildman–Crippen MR) is 181 cm³/mol. The fraction of sp³-hybridized carbons (Fsp3) is 0.595. The highest BCUT2D eigenvalue weighted by atomic mass is 19.1. The third kappa shape index (κ3) is 6.33. The van der Waals surface area contributed by atoms with E-state index in [1.165, 1.54) is 48.8 Å². The third-order valence-electron chi connectivity index (χ3n) is 11.2. The molecule has 0 N–H and O–H groups in total. The number of amides is 2. The Labute approximate surface area is 273 Å². The van der Waals surface area contributed by atoms with Crippen LogP contribution < -0.4 is 0 Å². The maximum Gasteiger partial charge on any atom is 0.256 e. The van der Waals surface area contributed by atoms with Crippen LogP contribution in [0.25, 0.3) is 16.6 Å². The number of likely N-dealkylation sites (tertiary alicyclic amines) is 1. The first-order valence-electron chi connectivity index (χ1n) is 17.3. The van der Waals surface area contributed by atoms with E-state index in [1.54, 1.807) is 24.9 Å². The second kappa shape index (κ2) is 13.4. The average molecular weight is 631 g/mol. The molecule has 46 heavy (non-hydrogen) atoms. The second-order valence-corrected chi connectivity index (χ2v) is 14.3. The lowest BCUT2D eigenvalue weighted by atomic mass is 9.73. The van der Waals surface area contributed by atoms with Gasteiger partial charge in [-0.05, 0) is 101 Å². The summed E-state index contributed by atoms with van der Waals surface area (Å²) in [4.78, 5) is 38.7. The summed E-state index contributed by atoms with van der Waals surface area (Å²) in [6, 6.07) is 5.81. The summed E-state index contributed by atoms with van der Waals surface area (Å²) in [5.41, 5.74) is 4.38. The summed E-state index contributed by atoms with van der Waals surface area (Å²) in [5.74, 6) is 0.884. The number of aromatic nitrogens is 2. The number of hydrogen-bond acceptors (Lipinski definition) is 5. The van der Waals surface area contributed by atoms with Crippen LogP contribution in [0.4, 0.5) is 4.39 Å². The van der Waals surface area contributed by atoms with Gasteiger partial charge in [0.15, 0.2) is 0 Å². The monoisotopic (exact) mass is 630 g/mol. The maximum atomic E-state index is 14.5. The zero-order valence-corrected chi connectivity index (χ0v) is 28.5. The highest BCUT2D eigenvalue weighted by molar-refractivity contribution is 5.99. The van der Waals surface area contributed by atoms with Crippen LogP contribution in [0.15, 0.2) is 36.8 Å². The van der Waals surface area contributed by atoms with Crippen LogP contribution in [0.5, 0.6) is 0 Å². The van der Waals surface area contributed by atoms with Gasteiger partial charge in [-0.25, -0.2) is 4.39 Å². The molecule has 3 fully saturated rings. The van der Waals surface area contributed by atoms with Crippen molar-refractivity contribution in [2.24, 2.45) is 11.8 Å². The maximum absolute atomic E-state index is 14.5. The second-order valence-electron chi connectivity index (χ2n) is 14.3. The van der Waals surface area contributed by atoms with Crippen LogP contribution >= 0.6 is 0 Å². The summed E-state index contributed by atoms with van der Waals surface area (Å²) >= 11 is 0. The van der Waals surface area contributed by atoms with Crippen molar-refractivity contribution >= 4 is 22.7 Å². The van der Waals surface area contributed by atoms with E-state index in [9.17, 15) is 14.0 Å². The van der Waals surface area contributed by atoms with Gasteiger partial charge >= 0.3 is 0 Å². The SMILES string of the molecule is CCC([C@H]1C[C@@H](N2CCN(C(C)=O)CC2)C1)N1CC[C@@H](Cc2cn(-c3ccc(F)cc3C(=O)N(C)C(C)C)c3cncc(C)c23)C1. The number of piperazine rings is 1. The molecule has 1 aromatic carbocycles. The quantitative estimate of drug-likeness (QED) is 0.311. The van der Waals surface area contributed by atoms with Gasteiger partial charge in [0.25, 0.3) is 5.91 Å². The van der Waals surface area contributed by atoms with E-state index in [4.69, 9.17) is 0 Å². The summed E-state index contributed by atoms with van der Waals surface area (Å²) < 4.78 is 16.6. The van der Waals surface area contributed by atoms with Crippen molar-refractivity contribution < 1.29 is 14.0 Å². The highest BCUT2D eigenvalue weighted by Crippen LogP contribution is 2.40. The van der Waals surface area contributed by atoms with E-state index in [0.717, 1.165) is 62.7 Å². The van der Waals surface area contributed by atoms with Crippen molar-refractivity contribution in [2.45, 2.75) is 84.8 Å². The predicted octanol–water partition coefficient (Wildman–Crippen LogP) is 5.54. The summed E-state index contributed by atoms with van der Waals surface area (Å²) in [6.07, 6.45) is 11.8. The minimum absolute atomic E-state index is 0.00366. The van der Waals surface area contributed by atoms with Crippen LogP contribution in [0.3, 0.4) is 0 Å². The number of pyridine rings is 1. The Morgan fingerprint density at radius 1 is 1.09 bits per heavy atom. The Hall–Kier alpha value is -3.30. The van der Waals surface area contributed by atoms with Crippen LogP contribution in [0.2, 0.25) is 0 Å². The molecule has 4 heterocycles. The van der Waals surface area contributed by atoms with Crippen molar-refractivity contribution in [2.75, 3.05) is 46.3 Å². The smallest absolute Gasteiger partial charge is 0.256 e. The van der Waals surface area contributed by atoms with Gasteiger partial charge in [-0.2, -0.15) is 0 Å². The van der Waals surface area contributed by atoms with E-state index in [0.29, 0.717) is 29.3 Å². The van der Waals surface area contributed by atoms with Gasteiger partial charge in [0.2, 0.25) is 5.91 Å². The van der Waals surface area contributed by atoms with Crippen molar-refractivity contribution in [3.63, 3.8) is 0 Å². The van der Waals surface area contributed by atoms with Crippen molar-refractivity contribution in [1.82, 2.24) is 29.2 Å². The molecule has 2 saturated heterocycles. The van der Waals surface area contributed by atoms with E-state index in [2.05, 4.69) is 39.4 Å². The largest absolute Gasteiger partial charge is 0.340 e. The highest BCUT2D eigenvalue weighted by Gasteiger charge is 2.42. The Kier molecular flexibility index (Phi) is 9.53. The molecule has 8 nitrogen and oxygen atoms in total. The molecule has 3 aliphatic rings. The van der Waals surface area contributed by atoms with E-state index >= 15 is 0 Å². The summed E-state index contributed by atoms with van der Waals surface area (Å²) in [5, 5.41) is 1.19. The molecule has 1 aliphatic carbocycles. The minimum Gasteiger partial charge on any atom is -0.340 e. The normalized spacial score (nSPS) is 23.2. The van der Waals surface area contributed by atoms with Crippen LogP contribution in [0.1, 0.15) is 74.9 Å². The zero-order valence-electron chi connectivity index (χ0n) is 28.5. The zero-order chi connectivity index (χ0) is 32.7. The van der Waals surface area contributed by atoms with Crippen molar-refractivity contribution in [3.05, 3.63) is 59.3 Å². The van der Waals surface area contributed by atoms with Crippen LogP contribution in [-0.4, -0.2) is 105 Å². The number of hydrogen-bond donors (Lipinski definition) is 0. The molecular formula is C37H51FN6O2. The Bertz CT molecular complexity index is 1570. The first-order valence-corrected chi connectivity index (χ1v) is 17.3. The molecule has 1 unspecified atom stereocenters. The molecule has 1 saturated carbocycles. The van der Waals surface area contributed by atoms with Gasteiger partial charge in [-0.15, -0.1) is 0 Å². The number of carbonyl (C=O) groups excluding carboxylic acids is 2. The average Bonchev–Trinajstić information content (AvgIpc) is 3.63. The van der Waals surface area contributed by atoms with E-state index in [1.807, 2.05) is 31.1 Å². The van der Waals surface area contributed by atoms with E-state index in [-0.39, 0.29) is 17.9 Å². The van der Waals surface area contributed by atoms with Crippen LogP contribution in [0, 0.1) is 24.6 Å². The fourth-order valence-corrected chi connectivity index (χ4v) is 8.28. The summed E-state index contributed by atoms with van der Waals surface area (Å²) in [6.45, 7) is 16.0. The molecule has 2 amide bonds. The van der Waals surface area contributed by atoms with Gasteiger partial charge in [-0.1, -0.05) is 6.92 Å². The number of halogens is 1. The van der Waals surface area contributed by atoms with Crippen molar-refractivity contribution in [3.8, 4) is 5.69 Å². The first kappa shape index (κ1) is 32.6. The number of carbonyl (C=O) groups is 2. The number of aryl methyl sites for hydroxylation is 1. The standard InChI is InChI=1S/C37H51FN6O2/c1-7-33(28-17-31(18-28)42-14-12-41(13-15-42)26(5)45)43-11-10-27(22-43)16-29-23-44(35-21-39-20-25(4)36(29)35)34-9-8-30(38)19-32(34)37(46)40(6)24(2)3/h8-9,19-21,23-24,27-28,31,33H,7,10-18,22H2,1-6H3/t27-,28-,31+,33?/m0/s1. The Balaban J connectivity index is 1.17. The molecule has 2 atom stereocenters. The molecular weight excluding hydrogens is 579 g/mol. The van der Waals surface area contributed by atoms with Gasteiger partial charge in [0.05, 0.1) is 23.0 Å². The van der Waals surface area contributed by atoms with E-state index < -0.39 is 5.82 Å². The topological polar surface area (TPSA) is 64.9 Å². The van der Waals surface area contributed by atoms with Gasteiger partial charge in [-0.3, -0.25) is 24.4 Å². The molecule has 0 bridgehead atoms. The number of rotatable bonds is 9. The van der Waals surface area contributed by atoms with Crippen LogP contribution in [-0.2, 0) is 11.2 Å². The lowest BCUT2D eigenvalue weighted by Crippen LogP contribution is -2.57. The molecule has 248 valence electrons. The Morgan fingerprint density at radius 3 is 2.50 bits per heavy atom. The van der Waals surface area contributed by atoms with Gasteiger partial charge < -0.3 is 14.4 Å². The van der Waals surface area contributed by atoms with Gasteiger partial charge in [0, 0.05) is 82.6 Å².